The minimum absolute atomic E-state index is 0.202. The number of aromatic hydroxyl groups is 1. The Kier molecular flexibility index (Phi) is 4.12. The standard InChI is InChI=1S/C12H19NO2/c1-8(2)9-4-3-5-10(12(9)15)11(14)6-7-13/h3-5,8,11,14-15H,6-7,13H2,1-2H3. The lowest BCUT2D eigenvalue weighted by atomic mass is 9.96. The van der Waals surface area contributed by atoms with Crippen LogP contribution in [0.1, 0.15) is 43.4 Å². The molecule has 0 radical (unpaired) electrons. The molecular formula is C12H19NO2. The van der Waals surface area contributed by atoms with Crippen LogP contribution in [0.2, 0.25) is 0 Å². The molecule has 0 heterocycles. The van der Waals surface area contributed by atoms with Gasteiger partial charge in [0.05, 0.1) is 6.10 Å². The molecule has 0 saturated heterocycles. The van der Waals surface area contributed by atoms with Crippen molar-refractivity contribution < 1.29 is 10.2 Å². The maximum atomic E-state index is 9.96. The van der Waals surface area contributed by atoms with Gasteiger partial charge in [-0.1, -0.05) is 32.0 Å². The van der Waals surface area contributed by atoms with Crippen molar-refractivity contribution in [2.75, 3.05) is 6.54 Å². The van der Waals surface area contributed by atoms with Gasteiger partial charge in [-0.3, -0.25) is 0 Å². The van der Waals surface area contributed by atoms with Gasteiger partial charge < -0.3 is 15.9 Å². The molecule has 0 amide bonds. The summed E-state index contributed by atoms with van der Waals surface area (Å²) in [6.07, 6.45) is -0.205. The van der Waals surface area contributed by atoms with Gasteiger partial charge in [0, 0.05) is 5.56 Å². The first-order chi connectivity index (χ1) is 7.07. The molecule has 1 rings (SSSR count). The van der Waals surface area contributed by atoms with Crippen molar-refractivity contribution >= 4 is 0 Å². The number of phenolic OH excluding ortho intramolecular Hbond substituents is 1. The van der Waals surface area contributed by atoms with E-state index in [-0.39, 0.29) is 11.7 Å². The van der Waals surface area contributed by atoms with Gasteiger partial charge in [0.1, 0.15) is 5.75 Å². The number of rotatable bonds is 4. The van der Waals surface area contributed by atoms with Gasteiger partial charge in [-0.2, -0.15) is 0 Å². The average molecular weight is 209 g/mol. The van der Waals surface area contributed by atoms with Gasteiger partial charge >= 0.3 is 0 Å². The molecule has 0 saturated carbocycles. The molecule has 84 valence electrons. The molecule has 0 aliphatic heterocycles. The van der Waals surface area contributed by atoms with Gasteiger partial charge in [-0.05, 0) is 24.4 Å². The Morgan fingerprint density at radius 3 is 2.40 bits per heavy atom. The van der Waals surface area contributed by atoms with E-state index in [1.165, 1.54) is 0 Å². The fourth-order valence-electron chi connectivity index (χ4n) is 1.63. The summed E-state index contributed by atoms with van der Waals surface area (Å²) in [6, 6.07) is 5.46. The molecule has 0 fully saturated rings. The number of phenols is 1. The fourth-order valence-corrected chi connectivity index (χ4v) is 1.63. The molecule has 0 aromatic heterocycles. The summed E-state index contributed by atoms with van der Waals surface area (Å²) in [5.74, 6) is 0.448. The molecule has 1 aromatic rings. The number of benzene rings is 1. The van der Waals surface area contributed by atoms with Crippen LogP contribution in [0.25, 0.3) is 0 Å². The smallest absolute Gasteiger partial charge is 0.124 e. The summed E-state index contributed by atoms with van der Waals surface area (Å²) in [5, 5.41) is 19.7. The van der Waals surface area contributed by atoms with E-state index in [1.54, 1.807) is 6.07 Å². The molecule has 1 unspecified atom stereocenters. The summed E-state index contributed by atoms with van der Waals surface area (Å²) >= 11 is 0. The Bertz CT molecular complexity index is 323. The van der Waals surface area contributed by atoms with Gasteiger partial charge in [-0.15, -0.1) is 0 Å². The molecular weight excluding hydrogens is 190 g/mol. The Morgan fingerprint density at radius 1 is 1.27 bits per heavy atom. The zero-order valence-electron chi connectivity index (χ0n) is 9.27. The highest BCUT2D eigenvalue weighted by molar-refractivity contribution is 5.43. The topological polar surface area (TPSA) is 66.5 Å². The third-order valence-electron chi connectivity index (χ3n) is 2.52. The highest BCUT2D eigenvalue weighted by atomic mass is 16.3. The molecule has 4 N–H and O–H groups in total. The predicted octanol–water partition coefficient (Wildman–Crippen LogP) is 1.90. The molecule has 15 heavy (non-hydrogen) atoms. The number of para-hydroxylation sites is 1. The summed E-state index contributed by atoms with van der Waals surface area (Å²) in [4.78, 5) is 0. The van der Waals surface area contributed by atoms with Crippen LogP contribution in [0.3, 0.4) is 0 Å². The van der Waals surface area contributed by atoms with Crippen LogP contribution in [-0.2, 0) is 0 Å². The molecule has 1 atom stereocenters. The Labute approximate surface area is 90.5 Å². The van der Waals surface area contributed by atoms with E-state index in [2.05, 4.69) is 0 Å². The first-order valence-corrected chi connectivity index (χ1v) is 5.27. The second-order valence-corrected chi connectivity index (χ2v) is 4.03. The molecule has 0 bridgehead atoms. The molecule has 0 spiro atoms. The zero-order valence-corrected chi connectivity index (χ0v) is 9.27. The highest BCUT2D eigenvalue weighted by Crippen LogP contribution is 2.33. The van der Waals surface area contributed by atoms with Crippen molar-refractivity contribution in [3.63, 3.8) is 0 Å². The summed E-state index contributed by atoms with van der Waals surface area (Å²) in [5.41, 5.74) is 6.81. The van der Waals surface area contributed by atoms with Gasteiger partial charge in [0.25, 0.3) is 0 Å². The largest absolute Gasteiger partial charge is 0.507 e. The zero-order chi connectivity index (χ0) is 11.4. The van der Waals surface area contributed by atoms with Crippen molar-refractivity contribution in [2.24, 2.45) is 5.73 Å². The molecule has 1 aromatic carbocycles. The summed E-state index contributed by atoms with van der Waals surface area (Å²) < 4.78 is 0. The second-order valence-electron chi connectivity index (χ2n) is 4.03. The second kappa shape index (κ2) is 5.14. The van der Waals surface area contributed by atoms with Crippen LogP contribution in [0, 0.1) is 0 Å². The van der Waals surface area contributed by atoms with Crippen molar-refractivity contribution in [1.29, 1.82) is 0 Å². The lowest BCUT2D eigenvalue weighted by Crippen LogP contribution is -2.07. The summed E-state index contributed by atoms with van der Waals surface area (Å²) in [7, 11) is 0. The number of hydrogen-bond acceptors (Lipinski definition) is 3. The summed E-state index contributed by atoms with van der Waals surface area (Å²) in [6.45, 7) is 4.43. The fraction of sp³-hybridized carbons (Fsp3) is 0.500. The van der Waals surface area contributed by atoms with Gasteiger partial charge in [0.2, 0.25) is 0 Å². The van der Waals surface area contributed by atoms with Crippen LogP contribution in [0.15, 0.2) is 18.2 Å². The SMILES string of the molecule is CC(C)c1cccc(C(O)CCN)c1O. The first kappa shape index (κ1) is 12.0. The predicted molar refractivity (Wildman–Crippen MR) is 60.8 cm³/mol. The van der Waals surface area contributed by atoms with Crippen molar-refractivity contribution in [1.82, 2.24) is 0 Å². The van der Waals surface area contributed by atoms with Gasteiger partial charge in [-0.25, -0.2) is 0 Å². The van der Waals surface area contributed by atoms with E-state index in [0.717, 1.165) is 5.56 Å². The normalized spacial score (nSPS) is 13.1. The van der Waals surface area contributed by atoms with Crippen LogP contribution in [-0.4, -0.2) is 16.8 Å². The van der Waals surface area contributed by atoms with Crippen molar-refractivity contribution in [3.8, 4) is 5.75 Å². The van der Waals surface area contributed by atoms with E-state index in [0.29, 0.717) is 18.5 Å². The number of hydrogen-bond donors (Lipinski definition) is 3. The molecule has 3 nitrogen and oxygen atoms in total. The maximum Gasteiger partial charge on any atom is 0.124 e. The van der Waals surface area contributed by atoms with Crippen LogP contribution in [0.4, 0.5) is 0 Å². The Hall–Kier alpha value is -1.06. The first-order valence-electron chi connectivity index (χ1n) is 5.27. The van der Waals surface area contributed by atoms with E-state index in [4.69, 9.17) is 5.73 Å². The van der Waals surface area contributed by atoms with Crippen molar-refractivity contribution in [2.45, 2.75) is 32.3 Å². The molecule has 3 heteroatoms. The van der Waals surface area contributed by atoms with Crippen molar-refractivity contribution in [3.05, 3.63) is 29.3 Å². The Morgan fingerprint density at radius 2 is 1.87 bits per heavy atom. The van der Waals surface area contributed by atoms with Crippen LogP contribution in [0.5, 0.6) is 5.75 Å². The molecule has 0 aliphatic rings. The van der Waals surface area contributed by atoms with E-state index >= 15 is 0 Å². The third-order valence-corrected chi connectivity index (χ3v) is 2.52. The van der Waals surface area contributed by atoms with Gasteiger partial charge in [0.15, 0.2) is 0 Å². The quantitative estimate of drug-likeness (QED) is 0.709. The van der Waals surface area contributed by atoms with Crippen LogP contribution >= 0.6 is 0 Å². The Balaban J connectivity index is 3.03. The number of nitrogens with two attached hydrogens (primary N) is 1. The van der Waals surface area contributed by atoms with E-state index < -0.39 is 6.10 Å². The highest BCUT2D eigenvalue weighted by Gasteiger charge is 2.15. The monoisotopic (exact) mass is 209 g/mol. The van der Waals surface area contributed by atoms with Crippen LogP contribution < -0.4 is 5.73 Å². The minimum Gasteiger partial charge on any atom is -0.507 e. The number of aliphatic hydroxyl groups is 1. The maximum absolute atomic E-state index is 9.96. The lowest BCUT2D eigenvalue weighted by molar-refractivity contribution is 0.166. The lowest BCUT2D eigenvalue weighted by Gasteiger charge is -2.16. The molecule has 0 aliphatic carbocycles. The van der Waals surface area contributed by atoms with E-state index in [1.807, 2.05) is 26.0 Å². The average Bonchev–Trinajstić information content (AvgIpc) is 2.17. The minimum atomic E-state index is -0.673. The van der Waals surface area contributed by atoms with E-state index in [9.17, 15) is 10.2 Å². The number of aliphatic hydroxyl groups excluding tert-OH is 1. The third kappa shape index (κ3) is 2.70.